The van der Waals surface area contributed by atoms with Crippen LogP contribution in [0.2, 0.25) is 5.02 Å². The number of hydrogen-bond donors (Lipinski definition) is 1. The molecule has 27 heavy (non-hydrogen) atoms. The number of amides is 2. The Balaban J connectivity index is 1.71. The molecule has 1 aliphatic heterocycles. The summed E-state index contributed by atoms with van der Waals surface area (Å²) in [6.07, 6.45) is 1.48. The van der Waals surface area contributed by atoms with Crippen LogP contribution in [0.15, 0.2) is 30.6 Å². The van der Waals surface area contributed by atoms with Gasteiger partial charge in [0.05, 0.1) is 5.02 Å². The van der Waals surface area contributed by atoms with Gasteiger partial charge in [-0.15, -0.1) is 0 Å². The fourth-order valence-electron chi connectivity index (χ4n) is 3.08. The SMILES string of the molecule is CCNC(=O)N1CCN(c2cc(Oc3cc(C)ccc3Cl)ncn2)CC1C. The largest absolute Gasteiger partial charge is 0.437 e. The van der Waals surface area contributed by atoms with Gasteiger partial charge in [0.2, 0.25) is 5.88 Å². The Bertz CT molecular complexity index is 816. The molecule has 8 heteroatoms. The minimum absolute atomic E-state index is 0.0227. The van der Waals surface area contributed by atoms with Gasteiger partial charge in [-0.3, -0.25) is 0 Å². The summed E-state index contributed by atoms with van der Waals surface area (Å²) in [4.78, 5) is 24.7. The topological polar surface area (TPSA) is 70.6 Å². The number of benzene rings is 1. The van der Waals surface area contributed by atoms with Gasteiger partial charge in [0.25, 0.3) is 0 Å². The molecule has 1 N–H and O–H groups in total. The first-order chi connectivity index (χ1) is 13.0. The quantitative estimate of drug-likeness (QED) is 0.866. The third-order valence-electron chi connectivity index (χ3n) is 4.47. The van der Waals surface area contributed by atoms with Gasteiger partial charge in [-0.2, -0.15) is 0 Å². The molecule has 2 amide bonds. The number of urea groups is 1. The zero-order chi connectivity index (χ0) is 19.4. The molecule has 1 saturated heterocycles. The Morgan fingerprint density at radius 2 is 2.15 bits per heavy atom. The second-order valence-electron chi connectivity index (χ2n) is 6.57. The molecule has 144 valence electrons. The first-order valence-electron chi connectivity index (χ1n) is 9.03. The molecule has 2 aromatic rings. The van der Waals surface area contributed by atoms with Gasteiger partial charge in [-0.1, -0.05) is 17.7 Å². The Hall–Kier alpha value is -2.54. The van der Waals surface area contributed by atoms with Crippen LogP contribution in [0.4, 0.5) is 10.6 Å². The molecule has 2 heterocycles. The summed E-state index contributed by atoms with van der Waals surface area (Å²) in [5.41, 5.74) is 1.05. The van der Waals surface area contributed by atoms with Crippen LogP contribution in [-0.4, -0.2) is 53.1 Å². The third-order valence-corrected chi connectivity index (χ3v) is 4.78. The molecule has 0 spiro atoms. The first kappa shape index (κ1) is 19.2. The fraction of sp³-hybridized carbons (Fsp3) is 0.421. The van der Waals surface area contributed by atoms with E-state index in [2.05, 4.69) is 20.2 Å². The van der Waals surface area contributed by atoms with Crippen LogP contribution in [0.1, 0.15) is 19.4 Å². The van der Waals surface area contributed by atoms with E-state index in [1.807, 2.05) is 37.8 Å². The summed E-state index contributed by atoms with van der Waals surface area (Å²) < 4.78 is 5.86. The lowest BCUT2D eigenvalue weighted by Gasteiger charge is -2.40. The van der Waals surface area contributed by atoms with Crippen molar-refractivity contribution in [3.8, 4) is 11.6 Å². The number of aryl methyl sites for hydroxylation is 1. The standard InChI is InChI=1S/C19H24ClN5O2/c1-4-21-19(26)25-8-7-24(11-14(25)3)17-10-18(23-12-22-17)27-16-9-13(2)5-6-15(16)20/h5-6,9-10,12,14H,4,7-8,11H2,1-3H3,(H,21,26). The Kier molecular flexibility index (Phi) is 6.01. The van der Waals surface area contributed by atoms with Crippen molar-refractivity contribution in [3.63, 3.8) is 0 Å². The lowest BCUT2D eigenvalue weighted by molar-refractivity contribution is 0.172. The second kappa shape index (κ2) is 8.43. The summed E-state index contributed by atoms with van der Waals surface area (Å²) in [6, 6.07) is 7.46. The van der Waals surface area contributed by atoms with E-state index in [4.69, 9.17) is 16.3 Å². The molecule has 1 aliphatic rings. The van der Waals surface area contributed by atoms with Crippen molar-refractivity contribution in [1.82, 2.24) is 20.2 Å². The maximum absolute atomic E-state index is 12.1. The minimum atomic E-state index is -0.0227. The molecule has 0 saturated carbocycles. The molecular weight excluding hydrogens is 366 g/mol. The van der Waals surface area contributed by atoms with E-state index in [1.54, 1.807) is 12.1 Å². The van der Waals surface area contributed by atoms with Crippen LogP contribution in [0.3, 0.4) is 0 Å². The van der Waals surface area contributed by atoms with Crippen LogP contribution in [0.25, 0.3) is 0 Å². The molecule has 1 aromatic heterocycles. The molecule has 7 nitrogen and oxygen atoms in total. The lowest BCUT2D eigenvalue weighted by atomic mass is 10.2. The van der Waals surface area contributed by atoms with E-state index >= 15 is 0 Å². The number of aromatic nitrogens is 2. The zero-order valence-electron chi connectivity index (χ0n) is 15.8. The Morgan fingerprint density at radius 1 is 1.33 bits per heavy atom. The van der Waals surface area contributed by atoms with Crippen LogP contribution >= 0.6 is 11.6 Å². The summed E-state index contributed by atoms with van der Waals surface area (Å²) in [7, 11) is 0. The fourth-order valence-corrected chi connectivity index (χ4v) is 3.24. The molecule has 1 fully saturated rings. The average molecular weight is 390 g/mol. The van der Waals surface area contributed by atoms with Gasteiger partial charge >= 0.3 is 6.03 Å². The first-order valence-corrected chi connectivity index (χ1v) is 9.41. The van der Waals surface area contributed by atoms with E-state index in [1.165, 1.54) is 6.33 Å². The predicted molar refractivity (Wildman–Crippen MR) is 106 cm³/mol. The monoisotopic (exact) mass is 389 g/mol. The van der Waals surface area contributed by atoms with Crippen molar-refractivity contribution in [2.75, 3.05) is 31.1 Å². The highest BCUT2D eigenvalue weighted by Crippen LogP contribution is 2.30. The van der Waals surface area contributed by atoms with Crippen LogP contribution in [0.5, 0.6) is 11.6 Å². The van der Waals surface area contributed by atoms with Crippen molar-refractivity contribution >= 4 is 23.4 Å². The summed E-state index contributed by atoms with van der Waals surface area (Å²) >= 11 is 6.20. The number of anilines is 1. The van der Waals surface area contributed by atoms with Gasteiger partial charge in [0.15, 0.2) is 0 Å². The number of carbonyl (C=O) groups excluding carboxylic acids is 1. The van der Waals surface area contributed by atoms with Gasteiger partial charge in [-0.25, -0.2) is 14.8 Å². The molecular formula is C19H24ClN5O2. The highest BCUT2D eigenvalue weighted by atomic mass is 35.5. The van der Waals surface area contributed by atoms with E-state index < -0.39 is 0 Å². The number of nitrogens with zero attached hydrogens (tertiary/aromatic N) is 4. The number of ether oxygens (including phenoxy) is 1. The molecule has 1 aromatic carbocycles. The van der Waals surface area contributed by atoms with Crippen molar-refractivity contribution in [1.29, 1.82) is 0 Å². The predicted octanol–water partition coefficient (Wildman–Crippen LogP) is 3.47. The number of halogens is 1. The number of nitrogens with one attached hydrogen (secondary N) is 1. The Morgan fingerprint density at radius 3 is 2.89 bits per heavy atom. The molecule has 1 atom stereocenters. The maximum atomic E-state index is 12.1. The van der Waals surface area contributed by atoms with E-state index in [9.17, 15) is 4.79 Å². The minimum Gasteiger partial charge on any atom is -0.437 e. The highest BCUT2D eigenvalue weighted by Gasteiger charge is 2.28. The number of hydrogen-bond acceptors (Lipinski definition) is 5. The second-order valence-corrected chi connectivity index (χ2v) is 6.98. The highest BCUT2D eigenvalue weighted by molar-refractivity contribution is 6.32. The number of carbonyl (C=O) groups is 1. The zero-order valence-corrected chi connectivity index (χ0v) is 16.5. The van der Waals surface area contributed by atoms with E-state index in [0.717, 1.165) is 11.4 Å². The smallest absolute Gasteiger partial charge is 0.317 e. The van der Waals surface area contributed by atoms with Crippen molar-refractivity contribution in [3.05, 3.63) is 41.2 Å². The average Bonchev–Trinajstić information content (AvgIpc) is 2.65. The maximum Gasteiger partial charge on any atom is 0.317 e. The normalized spacial score (nSPS) is 17.0. The van der Waals surface area contributed by atoms with Gasteiger partial charge in [0.1, 0.15) is 17.9 Å². The molecule has 0 radical (unpaired) electrons. The third kappa shape index (κ3) is 4.60. The van der Waals surface area contributed by atoms with Crippen LogP contribution in [0, 0.1) is 6.92 Å². The van der Waals surface area contributed by atoms with Crippen molar-refractivity contribution in [2.24, 2.45) is 0 Å². The van der Waals surface area contributed by atoms with E-state index in [-0.39, 0.29) is 12.1 Å². The Labute approximate surface area is 164 Å². The molecule has 0 bridgehead atoms. The molecule has 1 unspecified atom stereocenters. The lowest BCUT2D eigenvalue weighted by Crippen LogP contribution is -2.56. The van der Waals surface area contributed by atoms with Crippen molar-refractivity contribution < 1.29 is 9.53 Å². The van der Waals surface area contributed by atoms with Gasteiger partial charge in [-0.05, 0) is 38.5 Å². The summed E-state index contributed by atoms with van der Waals surface area (Å²) in [5.74, 6) is 1.77. The summed E-state index contributed by atoms with van der Waals surface area (Å²) in [5, 5.41) is 3.39. The van der Waals surface area contributed by atoms with Crippen LogP contribution < -0.4 is 15.0 Å². The summed E-state index contributed by atoms with van der Waals surface area (Å²) in [6.45, 7) is 8.58. The van der Waals surface area contributed by atoms with Gasteiger partial charge in [0, 0.05) is 38.3 Å². The molecule has 3 rings (SSSR count). The van der Waals surface area contributed by atoms with Crippen molar-refractivity contribution in [2.45, 2.75) is 26.8 Å². The molecule has 0 aliphatic carbocycles. The number of rotatable bonds is 4. The van der Waals surface area contributed by atoms with Crippen LogP contribution in [-0.2, 0) is 0 Å². The van der Waals surface area contributed by atoms with E-state index in [0.29, 0.717) is 42.8 Å². The number of piperazine rings is 1. The van der Waals surface area contributed by atoms with Gasteiger partial charge < -0.3 is 19.9 Å².